The summed E-state index contributed by atoms with van der Waals surface area (Å²) < 4.78 is 3.93. The number of pyridine rings is 2. The van der Waals surface area contributed by atoms with Crippen LogP contribution in [0.2, 0.25) is 0 Å². The average Bonchev–Trinajstić information content (AvgIpc) is 3.47. The van der Waals surface area contributed by atoms with Gasteiger partial charge in [-0.15, -0.1) is 0 Å². The van der Waals surface area contributed by atoms with Gasteiger partial charge < -0.3 is 21.4 Å². The zero-order valence-corrected chi connectivity index (χ0v) is 18.2. The van der Waals surface area contributed by atoms with Crippen LogP contribution in [0, 0.1) is 5.92 Å². The summed E-state index contributed by atoms with van der Waals surface area (Å²) in [7, 11) is 0. The highest BCUT2D eigenvalue weighted by molar-refractivity contribution is 5.81. The summed E-state index contributed by atoms with van der Waals surface area (Å²) in [5, 5.41) is 7.59. The van der Waals surface area contributed by atoms with Crippen LogP contribution in [0.1, 0.15) is 13.8 Å². The summed E-state index contributed by atoms with van der Waals surface area (Å²) in [6.45, 7) is 5.68. The van der Waals surface area contributed by atoms with Crippen LogP contribution in [0.5, 0.6) is 0 Å². The lowest BCUT2D eigenvalue weighted by atomic mass is 10.0. The molecular formula is C23H27N9. The third-order valence-electron chi connectivity index (χ3n) is 5.10. The number of nitrogens with two attached hydrogens (primary N) is 2. The molecule has 0 aliphatic rings. The zero-order valence-electron chi connectivity index (χ0n) is 18.2. The van der Waals surface area contributed by atoms with Gasteiger partial charge in [0.15, 0.2) is 0 Å². The van der Waals surface area contributed by atoms with Gasteiger partial charge in [0.25, 0.3) is 0 Å². The Morgan fingerprint density at radius 1 is 1.16 bits per heavy atom. The van der Waals surface area contributed by atoms with Crippen LogP contribution in [0.3, 0.4) is 0 Å². The first kappa shape index (κ1) is 21.1. The quantitative estimate of drug-likeness (QED) is 0.367. The van der Waals surface area contributed by atoms with E-state index in [4.69, 9.17) is 11.5 Å². The standard InChI is InChI=1S/C23H27N9/c1-16(2)17(11-24)10-22(25)30-23-4-3-20-21(29-23)9-18(12-27-20)19-13-28-32(14-19)8-7-31-6-5-26-15-31/h3-6,9-16H,7-8,24-25H2,1-2H3,(H,29,30)/b17-11+,22-10+. The number of allylic oxidation sites excluding steroid dienone is 2. The van der Waals surface area contributed by atoms with Gasteiger partial charge in [-0.05, 0) is 42.0 Å². The van der Waals surface area contributed by atoms with Gasteiger partial charge in [-0.1, -0.05) is 13.8 Å². The molecule has 4 heterocycles. The monoisotopic (exact) mass is 429 g/mol. The molecule has 0 saturated heterocycles. The molecular weight excluding hydrogens is 402 g/mol. The SMILES string of the molecule is CC(C)C(=C/N)/C=C(\N)Nc1ccc2ncc(-c3cnn(CCn4ccnc4)c3)cc2n1. The highest BCUT2D eigenvalue weighted by Gasteiger charge is 2.07. The van der Waals surface area contributed by atoms with E-state index in [0.717, 1.165) is 40.8 Å². The van der Waals surface area contributed by atoms with E-state index < -0.39 is 0 Å². The Hall–Kier alpha value is -4.14. The molecule has 164 valence electrons. The van der Waals surface area contributed by atoms with Gasteiger partial charge >= 0.3 is 0 Å². The van der Waals surface area contributed by atoms with E-state index in [1.54, 1.807) is 18.7 Å². The van der Waals surface area contributed by atoms with E-state index in [0.29, 0.717) is 11.6 Å². The second-order valence-corrected chi connectivity index (χ2v) is 7.80. The maximum atomic E-state index is 6.13. The number of aryl methyl sites for hydroxylation is 2. The van der Waals surface area contributed by atoms with Gasteiger partial charge in [0, 0.05) is 42.5 Å². The molecule has 0 bridgehead atoms. The predicted molar refractivity (Wildman–Crippen MR) is 126 cm³/mol. The molecule has 0 aliphatic heterocycles. The summed E-state index contributed by atoms with van der Waals surface area (Å²) in [4.78, 5) is 13.3. The summed E-state index contributed by atoms with van der Waals surface area (Å²) in [5.41, 5.74) is 16.3. The van der Waals surface area contributed by atoms with Crippen LogP contribution in [0.25, 0.3) is 22.2 Å². The molecule has 0 atom stereocenters. The zero-order chi connectivity index (χ0) is 22.5. The van der Waals surface area contributed by atoms with Crippen molar-refractivity contribution in [1.29, 1.82) is 0 Å². The Bertz CT molecular complexity index is 1250. The molecule has 0 amide bonds. The minimum Gasteiger partial charge on any atom is -0.404 e. The summed E-state index contributed by atoms with van der Waals surface area (Å²) in [6.07, 6.45) is 14.6. The molecule has 9 nitrogen and oxygen atoms in total. The van der Waals surface area contributed by atoms with Crippen LogP contribution in [0.4, 0.5) is 5.82 Å². The fourth-order valence-corrected chi connectivity index (χ4v) is 3.28. The topological polar surface area (TPSA) is 125 Å². The number of hydrogen-bond acceptors (Lipinski definition) is 7. The van der Waals surface area contributed by atoms with E-state index >= 15 is 0 Å². The summed E-state index contributed by atoms with van der Waals surface area (Å²) in [6, 6.07) is 5.77. The Morgan fingerprint density at radius 3 is 2.78 bits per heavy atom. The van der Waals surface area contributed by atoms with Gasteiger partial charge in [-0.2, -0.15) is 5.10 Å². The van der Waals surface area contributed by atoms with Crippen LogP contribution in [0.15, 0.2) is 79.2 Å². The third kappa shape index (κ3) is 4.94. The lowest BCUT2D eigenvalue weighted by molar-refractivity contribution is 0.533. The van der Waals surface area contributed by atoms with Gasteiger partial charge in [0.2, 0.25) is 0 Å². The molecule has 4 aromatic heterocycles. The smallest absolute Gasteiger partial charge is 0.132 e. The van der Waals surface area contributed by atoms with Crippen LogP contribution >= 0.6 is 0 Å². The van der Waals surface area contributed by atoms with Crippen molar-refractivity contribution in [3.05, 3.63) is 79.2 Å². The molecule has 0 aromatic carbocycles. The minimum absolute atomic E-state index is 0.275. The average molecular weight is 430 g/mol. The van der Waals surface area contributed by atoms with E-state index in [1.807, 2.05) is 58.3 Å². The number of imidazole rings is 1. The lowest BCUT2D eigenvalue weighted by Crippen LogP contribution is -2.11. The molecule has 4 aromatic rings. The molecule has 9 heteroatoms. The second kappa shape index (κ2) is 9.34. The van der Waals surface area contributed by atoms with E-state index in [1.165, 1.54) is 0 Å². The van der Waals surface area contributed by atoms with Crippen molar-refractivity contribution in [2.24, 2.45) is 17.4 Å². The molecule has 4 rings (SSSR count). The summed E-state index contributed by atoms with van der Waals surface area (Å²) >= 11 is 0. The number of fused-ring (bicyclic) bond motifs is 1. The predicted octanol–water partition coefficient (Wildman–Crippen LogP) is 3.10. The maximum Gasteiger partial charge on any atom is 0.132 e. The molecule has 5 N–H and O–H groups in total. The first-order valence-electron chi connectivity index (χ1n) is 10.4. The number of nitrogens with zero attached hydrogens (tertiary/aromatic N) is 6. The highest BCUT2D eigenvalue weighted by Crippen LogP contribution is 2.23. The highest BCUT2D eigenvalue weighted by atomic mass is 15.3. The van der Waals surface area contributed by atoms with Crippen molar-refractivity contribution in [3.8, 4) is 11.1 Å². The van der Waals surface area contributed by atoms with Crippen LogP contribution < -0.4 is 16.8 Å². The van der Waals surface area contributed by atoms with Crippen molar-refractivity contribution in [2.45, 2.75) is 26.9 Å². The number of rotatable bonds is 8. The van der Waals surface area contributed by atoms with Crippen LogP contribution in [-0.4, -0.2) is 29.3 Å². The maximum absolute atomic E-state index is 6.13. The Kier molecular flexibility index (Phi) is 6.16. The fraction of sp³-hybridized carbons (Fsp3) is 0.217. The van der Waals surface area contributed by atoms with Crippen molar-refractivity contribution >= 4 is 16.9 Å². The lowest BCUT2D eigenvalue weighted by Gasteiger charge is -2.10. The van der Waals surface area contributed by atoms with E-state index in [-0.39, 0.29) is 5.92 Å². The van der Waals surface area contributed by atoms with Crippen LogP contribution in [-0.2, 0) is 13.1 Å². The van der Waals surface area contributed by atoms with Gasteiger partial charge in [0.1, 0.15) is 11.6 Å². The summed E-state index contributed by atoms with van der Waals surface area (Å²) in [5.74, 6) is 1.39. The Labute approximate surface area is 186 Å². The molecule has 32 heavy (non-hydrogen) atoms. The van der Waals surface area contributed by atoms with Crippen molar-refractivity contribution in [3.63, 3.8) is 0 Å². The second-order valence-electron chi connectivity index (χ2n) is 7.80. The molecule has 0 saturated carbocycles. The van der Waals surface area contributed by atoms with Crippen molar-refractivity contribution in [2.75, 3.05) is 5.32 Å². The Balaban J connectivity index is 1.52. The number of hydrogen-bond donors (Lipinski definition) is 3. The molecule has 0 fully saturated rings. The Morgan fingerprint density at radius 2 is 2.03 bits per heavy atom. The largest absolute Gasteiger partial charge is 0.404 e. The normalized spacial score (nSPS) is 12.6. The molecule has 0 aliphatic carbocycles. The molecule has 0 unspecified atom stereocenters. The van der Waals surface area contributed by atoms with Gasteiger partial charge in [-0.3, -0.25) is 9.67 Å². The first-order valence-corrected chi connectivity index (χ1v) is 10.4. The number of nitrogens with one attached hydrogen (secondary N) is 1. The van der Waals surface area contributed by atoms with Gasteiger partial charge in [0.05, 0.1) is 30.1 Å². The van der Waals surface area contributed by atoms with E-state index in [2.05, 4.69) is 39.2 Å². The molecule has 0 spiro atoms. The first-order chi connectivity index (χ1) is 15.5. The van der Waals surface area contributed by atoms with E-state index in [9.17, 15) is 0 Å². The van der Waals surface area contributed by atoms with Crippen molar-refractivity contribution < 1.29 is 0 Å². The number of anilines is 1. The fourth-order valence-electron chi connectivity index (χ4n) is 3.28. The van der Waals surface area contributed by atoms with Crippen molar-refractivity contribution in [1.82, 2.24) is 29.3 Å². The third-order valence-corrected chi connectivity index (χ3v) is 5.10. The molecule has 0 radical (unpaired) electrons. The minimum atomic E-state index is 0.275. The van der Waals surface area contributed by atoms with Gasteiger partial charge in [-0.25, -0.2) is 9.97 Å². The number of aromatic nitrogens is 6.